The van der Waals surface area contributed by atoms with Crippen LogP contribution in [0.5, 0.6) is 0 Å². The molecule has 1 amide bonds. The van der Waals surface area contributed by atoms with Gasteiger partial charge in [-0.1, -0.05) is 0 Å². The van der Waals surface area contributed by atoms with Crippen molar-refractivity contribution < 1.29 is 14.3 Å². The van der Waals surface area contributed by atoms with Crippen LogP contribution in [0.2, 0.25) is 0 Å². The van der Waals surface area contributed by atoms with Crippen molar-refractivity contribution >= 4 is 41.0 Å². The second-order valence-corrected chi connectivity index (χ2v) is 8.44. The van der Waals surface area contributed by atoms with Gasteiger partial charge < -0.3 is 19.9 Å². The lowest BCUT2D eigenvalue weighted by molar-refractivity contribution is -0.139. The first-order valence-electron chi connectivity index (χ1n) is 9.36. The van der Waals surface area contributed by atoms with Crippen LogP contribution in [0, 0.1) is 5.41 Å². The number of amides is 1. The number of thiocarbonyl (C=S) groups is 1. The Morgan fingerprint density at radius 1 is 1.29 bits per heavy atom. The summed E-state index contributed by atoms with van der Waals surface area (Å²) in [5, 5.41) is 4.34. The van der Waals surface area contributed by atoms with Gasteiger partial charge in [0.2, 0.25) is 0 Å². The molecule has 2 fully saturated rings. The maximum atomic E-state index is 12.9. The fraction of sp³-hybridized carbons (Fsp3) is 0.579. The van der Waals surface area contributed by atoms with Gasteiger partial charge in [0.05, 0.1) is 12.7 Å². The predicted octanol–water partition coefficient (Wildman–Crippen LogP) is 1.78. The van der Waals surface area contributed by atoms with Gasteiger partial charge in [-0.05, 0) is 55.3 Å². The third-order valence-corrected chi connectivity index (χ3v) is 6.76. The highest BCUT2D eigenvalue weighted by Gasteiger charge is 2.42. The van der Waals surface area contributed by atoms with E-state index < -0.39 is 0 Å². The Kier molecular flexibility index (Phi) is 6.77. The summed E-state index contributed by atoms with van der Waals surface area (Å²) < 4.78 is 4.64. The molecule has 2 aliphatic heterocycles. The molecule has 0 aliphatic carbocycles. The number of carbonyl (C=O) groups excluding carboxylic acids is 2. The third kappa shape index (κ3) is 4.57. The minimum Gasteiger partial charge on any atom is -0.468 e. The molecule has 28 heavy (non-hydrogen) atoms. The zero-order chi connectivity index (χ0) is 20.1. The van der Waals surface area contributed by atoms with Crippen LogP contribution in [0.3, 0.4) is 0 Å². The molecule has 0 bridgehead atoms. The summed E-state index contributed by atoms with van der Waals surface area (Å²) in [6.45, 7) is 3.32. The molecule has 2 aliphatic rings. The van der Waals surface area contributed by atoms with Crippen molar-refractivity contribution in [2.75, 3.05) is 46.1 Å². The molecule has 0 atom stereocenters. The summed E-state index contributed by atoms with van der Waals surface area (Å²) in [7, 11) is 1.36. The number of hydrogen-bond donors (Lipinski definition) is 1. The molecule has 0 unspecified atom stereocenters. The van der Waals surface area contributed by atoms with E-state index in [1.165, 1.54) is 18.9 Å². The summed E-state index contributed by atoms with van der Waals surface area (Å²) in [6, 6.07) is 3.67. The summed E-state index contributed by atoms with van der Waals surface area (Å²) >= 11 is 6.92. The summed E-state index contributed by atoms with van der Waals surface area (Å²) in [5.74, 6) is -0.263. The molecule has 0 aromatic carbocycles. The van der Waals surface area contributed by atoms with Crippen LogP contribution < -0.4 is 5.32 Å². The third-order valence-electron chi connectivity index (χ3n) is 5.64. The molecule has 7 nitrogen and oxygen atoms in total. The number of likely N-dealkylation sites (tertiary alicyclic amines) is 2. The number of hydrogen-bond acceptors (Lipinski definition) is 6. The number of nitrogens with one attached hydrogen (secondary N) is 1. The second-order valence-electron chi connectivity index (χ2n) is 7.26. The van der Waals surface area contributed by atoms with E-state index in [1.54, 1.807) is 6.20 Å². The monoisotopic (exact) mass is 422 g/mol. The summed E-state index contributed by atoms with van der Waals surface area (Å²) in [4.78, 5) is 32.6. The number of thioether (sulfide) groups is 1. The van der Waals surface area contributed by atoms with Crippen molar-refractivity contribution in [1.29, 1.82) is 0 Å². The van der Waals surface area contributed by atoms with Crippen molar-refractivity contribution in [3.63, 3.8) is 0 Å². The first-order chi connectivity index (χ1) is 13.5. The largest absolute Gasteiger partial charge is 0.468 e. The molecule has 3 heterocycles. The van der Waals surface area contributed by atoms with Crippen LogP contribution in [0.4, 0.5) is 0 Å². The number of rotatable bonds is 4. The van der Waals surface area contributed by atoms with Crippen molar-refractivity contribution in [3.05, 3.63) is 23.9 Å². The standard InChI is InChI=1S/C19H26N4O3S2/c1-26-15(24)12-21-18(27)23-11-7-19(13-23)5-9-22(10-6-19)17(25)14-4-3-8-20-16(14)28-2/h3-4,8H,5-7,9-13H2,1-2H3,(H,21,27). The Morgan fingerprint density at radius 2 is 1.96 bits per heavy atom. The molecular formula is C19H26N4O3S2. The molecule has 0 saturated carbocycles. The van der Waals surface area contributed by atoms with Gasteiger partial charge in [-0.25, -0.2) is 4.98 Å². The predicted molar refractivity (Wildman–Crippen MR) is 112 cm³/mol. The van der Waals surface area contributed by atoms with E-state index in [2.05, 4.69) is 19.9 Å². The van der Waals surface area contributed by atoms with Crippen LogP contribution in [0.15, 0.2) is 23.4 Å². The van der Waals surface area contributed by atoms with Gasteiger partial charge in [0.15, 0.2) is 5.11 Å². The van der Waals surface area contributed by atoms with Crippen LogP contribution in [-0.2, 0) is 9.53 Å². The maximum absolute atomic E-state index is 12.9. The Morgan fingerprint density at radius 3 is 2.61 bits per heavy atom. The van der Waals surface area contributed by atoms with Gasteiger partial charge in [-0.3, -0.25) is 9.59 Å². The highest BCUT2D eigenvalue weighted by atomic mass is 32.2. The number of nitrogens with zero attached hydrogens (tertiary/aromatic N) is 3. The maximum Gasteiger partial charge on any atom is 0.325 e. The zero-order valence-electron chi connectivity index (χ0n) is 16.3. The minimum atomic E-state index is -0.330. The lowest BCUT2D eigenvalue weighted by Gasteiger charge is -2.39. The van der Waals surface area contributed by atoms with Gasteiger partial charge in [-0.2, -0.15) is 0 Å². The molecule has 3 rings (SSSR count). The Hall–Kier alpha value is -1.87. The van der Waals surface area contributed by atoms with Crippen molar-refractivity contribution in [3.8, 4) is 0 Å². The van der Waals surface area contributed by atoms with Crippen LogP contribution >= 0.6 is 24.0 Å². The fourth-order valence-corrected chi connectivity index (χ4v) is 4.69. The Balaban J connectivity index is 1.54. The number of methoxy groups -OCH3 is 1. The minimum absolute atomic E-state index is 0.0671. The molecule has 2 saturated heterocycles. The normalized spacial score (nSPS) is 18.2. The lowest BCUT2D eigenvalue weighted by atomic mass is 9.77. The molecular weight excluding hydrogens is 396 g/mol. The Bertz CT molecular complexity index is 750. The first-order valence-corrected chi connectivity index (χ1v) is 11.0. The summed E-state index contributed by atoms with van der Waals surface area (Å²) in [6.07, 6.45) is 6.64. The molecule has 152 valence electrons. The van der Waals surface area contributed by atoms with E-state index in [0.29, 0.717) is 10.7 Å². The van der Waals surface area contributed by atoms with Gasteiger partial charge >= 0.3 is 5.97 Å². The molecule has 1 spiro atoms. The smallest absolute Gasteiger partial charge is 0.325 e. The first kappa shape index (κ1) is 20.9. The topological polar surface area (TPSA) is 74.8 Å². The van der Waals surface area contributed by atoms with Gasteiger partial charge in [0, 0.05) is 32.4 Å². The number of pyridine rings is 1. The fourth-order valence-electron chi connectivity index (χ4n) is 3.92. The average Bonchev–Trinajstić information content (AvgIpc) is 3.15. The van der Waals surface area contributed by atoms with Gasteiger partial charge in [0.25, 0.3) is 5.91 Å². The quantitative estimate of drug-likeness (QED) is 0.447. The van der Waals surface area contributed by atoms with E-state index in [4.69, 9.17) is 12.2 Å². The Labute approximate surface area is 175 Å². The SMILES string of the molecule is COC(=O)CNC(=S)N1CCC2(CCN(C(=O)c3cccnc3SC)CC2)C1. The van der Waals surface area contributed by atoms with Crippen LogP contribution in [0.25, 0.3) is 0 Å². The summed E-state index contributed by atoms with van der Waals surface area (Å²) in [5.41, 5.74) is 0.873. The van der Waals surface area contributed by atoms with E-state index in [-0.39, 0.29) is 23.8 Å². The molecule has 1 aromatic rings. The molecule has 1 aromatic heterocycles. The van der Waals surface area contributed by atoms with E-state index >= 15 is 0 Å². The van der Waals surface area contributed by atoms with E-state index in [1.807, 2.05) is 23.3 Å². The van der Waals surface area contributed by atoms with Crippen molar-refractivity contribution in [2.45, 2.75) is 24.3 Å². The van der Waals surface area contributed by atoms with Crippen molar-refractivity contribution in [1.82, 2.24) is 20.1 Å². The van der Waals surface area contributed by atoms with Crippen LogP contribution in [-0.4, -0.2) is 77.9 Å². The number of carbonyl (C=O) groups is 2. The molecule has 1 N–H and O–H groups in total. The number of esters is 1. The molecule has 0 radical (unpaired) electrons. The van der Waals surface area contributed by atoms with Crippen LogP contribution in [0.1, 0.15) is 29.6 Å². The average molecular weight is 423 g/mol. The van der Waals surface area contributed by atoms with Gasteiger partial charge in [0.1, 0.15) is 11.6 Å². The lowest BCUT2D eigenvalue weighted by Crippen LogP contribution is -2.46. The van der Waals surface area contributed by atoms with Gasteiger partial charge in [-0.15, -0.1) is 11.8 Å². The number of ether oxygens (including phenoxy) is 1. The highest BCUT2D eigenvalue weighted by Crippen LogP contribution is 2.40. The van der Waals surface area contributed by atoms with E-state index in [0.717, 1.165) is 50.5 Å². The molecule has 9 heteroatoms. The zero-order valence-corrected chi connectivity index (χ0v) is 17.9. The number of piperidine rings is 1. The van der Waals surface area contributed by atoms with E-state index in [9.17, 15) is 9.59 Å². The van der Waals surface area contributed by atoms with Crippen molar-refractivity contribution in [2.24, 2.45) is 5.41 Å². The highest BCUT2D eigenvalue weighted by molar-refractivity contribution is 7.98. The number of aromatic nitrogens is 1. The second kappa shape index (κ2) is 9.09.